The van der Waals surface area contributed by atoms with Gasteiger partial charge in [0, 0.05) is 10.6 Å². The molecule has 0 fully saturated rings. The molecule has 0 N–H and O–H groups in total. The van der Waals surface area contributed by atoms with Gasteiger partial charge in [0.05, 0.1) is 6.61 Å². The van der Waals surface area contributed by atoms with Crippen molar-refractivity contribution in [2.24, 2.45) is 0 Å². The molecule has 0 bridgehead atoms. The summed E-state index contributed by atoms with van der Waals surface area (Å²) < 4.78 is 27.1. The van der Waals surface area contributed by atoms with Crippen LogP contribution in [-0.4, -0.2) is 32.8 Å². The van der Waals surface area contributed by atoms with Crippen LogP contribution in [0.4, 0.5) is 4.39 Å². The summed E-state index contributed by atoms with van der Waals surface area (Å²) in [5.74, 6) is 1.28. The summed E-state index contributed by atoms with van der Waals surface area (Å²) in [5.41, 5.74) is 3.35. The van der Waals surface area contributed by atoms with Gasteiger partial charge < -0.3 is 9.47 Å². The second-order valence-electron chi connectivity index (χ2n) is 8.38. The first-order chi connectivity index (χ1) is 17.8. The molecule has 0 aliphatic heterocycles. The lowest BCUT2D eigenvalue weighted by Gasteiger charge is -2.17. The number of benzene rings is 3. The van der Waals surface area contributed by atoms with E-state index in [1.807, 2.05) is 49.6 Å². The molecule has 1 heterocycles. The maximum Gasteiger partial charge on any atom is 0.220 e. The van der Waals surface area contributed by atoms with Gasteiger partial charge >= 0.3 is 0 Å². The number of halogens is 1. The van der Waals surface area contributed by atoms with E-state index in [1.165, 1.54) is 23.9 Å². The smallest absolute Gasteiger partial charge is 0.220 e. The number of ether oxygens (including phenoxy) is 2. The van der Waals surface area contributed by atoms with E-state index in [1.54, 1.807) is 30.3 Å². The third-order valence-corrected chi connectivity index (χ3v) is 6.72. The topological polar surface area (TPSA) is 92.3 Å². The number of aryl methyl sites for hydroxylation is 2. The van der Waals surface area contributed by atoms with Crippen LogP contribution in [0.1, 0.15) is 34.7 Å². The summed E-state index contributed by atoms with van der Waals surface area (Å²) in [6.45, 7) is 5.91. The zero-order valence-electron chi connectivity index (χ0n) is 20.8. The molecule has 4 aromatic rings. The van der Waals surface area contributed by atoms with Gasteiger partial charge in [0.15, 0.2) is 16.7 Å². The Morgan fingerprint density at radius 3 is 2.57 bits per heavy atom. The van der Waals surface area contributed by atoms with Gasteiger partial charge in [-0.15, -0.1) is 10.2 Å². The summed E-state index contributed by atoms with van der Waals surface area (Å²) in [6.07, 6.45) is 0. The van der Waals surface area contributed by atoms with E-state index in [0.717, 1.165) is 11.3 Å². The van der Waals surface area contributed by atoms with Crippen molar-refractivity contribution in [3.63, 3.8) is 0 Å². The highest BCUT2D eigenvalue weighted by atomic mass is 32.2. The van der Waals surface area contributed by atoms with Crippen LogP contribution in [0.25, 0.3) is 5.69 Å². The second-order valence-corrected chi connectivity index (χ2v) is 9.55. The molecule has 37 heavy (non-hydrogen) atoms. The monoisotopic (exact) mass is 522 g/mol. The molecule has 0 aliphatic carbocycles. The molecule has 0 radical (unpaired) electrons. The fourth-order valence-corrected chi connectivity index (χ4v) is 5.02. The number of aromatic nitrogens is 3. The van der Waals surface area contributed by atoms with Crippen LogP contribution in [0.15, 0.2) is 71.9 Å². The fraction of sp³-hybridized carbons (Fsp3) is 0.259. The Hall–Kier alpha value is -3.92. The summed E-state index contributed by atoms with van der Waals surface area (Å²) in [5, 5.41) is 20.1. The van der Waals surface area contributed by atoms with Gasteiger partial charge in [-0.05, 0) is 73.9 Å². The number of rotatable bonds is 11. The van der Waals surface area contributed by atoms with Crippen molar-refractivity contribution in [1.29, 1.82) is 0 Å². The van der Waals surface area contributed by atoms with Gasteiger partial charge in [-0.2, -0.15) is 0 Å². The molecule has 0 unspecified atom stereocenters. The van der Waals surface area contributed by atoms with Crippen LogP contribution in [0.5, 0.6) is 11.5 Å². The molecule has 10 heteroatoms. The molecule has 8 nitrogen and oxygen atoms in total. The molecule has 0 spiro atoms. The van der Waals surface area contributed by atoms with Crippen LogP contribution >= 0.6 is 11.8 Å². The first kappa shape index (κ1) is 26.2. The van der Waals surface area contributed by atoms with Crippen LogP contribution in [-0.2, 0) is 6.61 Å². The average molecular weight is 523 g/mol. The summed E-state index contributed by atoms with van der Waals surface area (Å²) in [4.78, 5) is 11.3. The minimum atomic E-state index is -0.557. The van der Waals surface area contributed by atoms with Gasteiger partial charge in [0.25, 0.3) is 0 Å². The standard InChI is InChI=1S/C27H27FN4O4S/c1-4-35-25-15-21(11-12-24(25)36-17-20-8-6-9-22(28)14-20)26(16-31(33)34)37-27-30-29-19(3)32(27)23-10-5-7-18(2)13-23/h5-15,26H,4,16-17H2,1-3H3/t26-/m1/s1. The lowest BCUT2D eigenvalue weighted by molar-refractivity contribution is -0.479. The third kappa shape index (κ3) is 6.65. The largest absolute Gasteiger partial charge is 0.490 e. The molecule has 0 aliphatic rings. The van der Waals surface area contributed by atoms with Crippen molar-refractivity contribution in [2.45, 2.75) is 37.8 Å². The maximum absolute atomic E-state index is 13.5. The number of thioether (sulfide) groups is 1. The van der Waals surface area contributed by atoms with Crippen LogP contribution < -0.4 is 9.47 Å². The molecular weight excluding hydrogens is 495 g/mol. The van der Waals surface area contributed by atoms with E-state index in [4.69, 9.17) is 9.47 Å². The Morgan fingerprint density at radius 2 is 1.84 bits per heavy atom. The fourth-order valence-electron chi connectivity index (χ4n) is 3.86. The van der Waals surface area contributed by atoms with Gasteiger partial charge in [-0.3, -0.25) is 14.7 Å². The second kappa shape index (κ2) is 11.9. The lowest BCUT2D eigenvalue weighted by atomic mass is 10.1. The molecule has 192 valence electrons. The highest BCUT2D eigenvalue weighted by molar-refractivity contribution is 7.99. The molecule has 1 atom stereocenters. The molecule has 0 saturated carbocycles. The van der Waals surface area contributed by atoms with Crippen LogP contribution in [0.3, 0.4) is 0 Å². The highest BCUT2D eigenvalue weighted by Gasteiger charge is 2.25. The normalized spacial score (nSPS) is 11.8. The van der Waals surface area contributed by atoms with Gasteiger partial charge in [0.2, 0.25) is 6.54 Å². The summed E-state index contributed by atoms with van der Waals surface area (Å²) in [6, 6.07) is 19.4. The Kier molecular flexibility index (Phi) is 8.39. The highest BCUT2D eigenvalue weighted by Crippen LogP contribution is 2.39. The Morgan fingerprint density at radius 1 is 1.03 bits per heavy atom. The van der Waals surface area contributed by atoms with Gasteiger partial charge in [0.1, 0.15) is 23.5 Å². The minimum absolute atomic E-state index is 0.156. The minimum Gasteiger partial charge on any atom is -0.490 e. The van der Waals surface area contributed by atoms with E-state index in [9.17, 15) is 14.5 Å². The predicted octanol–water partition coefficient (Wildman–Crippen LogP) is 6.11. The van der Waals surface area contributed by atoms with Crippen molar-refractivity contribution in [3.05, 3.63) is 105 Å². The van der Waals surface area contributed by atoms with E-state index in [-0.39, 0.29) is 23.9 Å². The van der Waals surface area contributed by atoms with E-state index in [2.05, 4.69) is 10.2 Å². The number of hydrogen-bond acceptors (Lipinski definition) is 7. The van der Waals surface area contributed by atoms with Crippen molar-refractivity contribution in [1.82, 2.24) is 14.8 Å². The summed E-state index contributed by atoms with van der Waals surface area (Å²) in [7, 11) is 0. The van der Waals surface area contributed by atoms with Crippen molar-refractivity contribution >= 4 is 11.8 Å². The van der Waals surface area contributed by atoms with Crippen molar-refractivity contribution in [3.8, 4) is 17.2 Å². The SMILES string of the molecule is CCOc1cc([C@@H](C[N+](=O)[O-])Sc2nnc(C)n2-c2cccc(C)c2)ccc1OCc1cccc(F)c1. The van der Waals surface area contributed by atoms with Crippen LogP contribution in [0.2, 0.25) is 0 Å². The molecule has 0 saturated heterocycles. The van der Waals surface area contributed by atoms with E-state index >= 15 is 0 Å². The first-order valence-corrected chi connectivity index (χ1v) is 12.6. The maximum atomic E-state index is 13.5. The summed E-state index contributed by atoms with van der Waals surface area (Å²) >= 11 is 1.27. The van der Waals surface area contributed by atoms with E-state index < -0.39 is 5.25 Å². The zero-order chi connectivity index (χ0) is 26.4. The number of nitrogens with zero attached hydrogens (tertiary/aromatic N) is 4. The zero-order valence-corrected chi connectivity index (χ0v) is 21.6. The quantitative estimate of drug-likeness (QED) is 0.133. The third-order valence-electron chi connectivity index (χ3n) is 5.54. The van der Waals surface area contributed by atoms with Gasteiger partial charge in [-0.1, -0.05) is 42.1 Å². The number of nitro groups is 1. The van der Waals surface area contributed by atoms with Crippen molar-refractivity contribution < 1.29 is 18.8 Å². The first-order valence-electron chi connectivity index (χ1n) is 11.8. The molecule has 3 aromatic carbocycles. The van der Waals surface area contributed by atoms with E-state index in [0.29, 0.717) is 40.2 Å². The molecular formula is C27H27FN4O4S. The predicted molar refractivity (Wildman–Crippen MR) is 140 cm³/mol. The molecule has 0 amide bonds. The molecule has 1 aromatic heterocycles. The Labute approximate surface area is 218 Å². The number of hydrogen-bond donors (Lipinski definition) is 0. The average Bonchev–Trinajstić information content (AvgIpc) is 3.22. The van der Waals surface area contributed by atoms with Crippen molar-refractivity contribution in [2.75, 3.05) is 13.2 Å². The molecule has 4 rings (SSSR count). The Bertz CT molecular complexity index is 1390. The van der Waals surface area contributed by atoms with Gasteiger partial charge in [-0.25, -0.2) is 4.39 Å². The lowest BCUT2D eigenvalue weighted by Crippen LogP contribution is -2.12. The van der Waals surface area contributed by atoms with Crippen LogP contribution in [0, 0.1) is 29.8 Å². The Balaban J connectivity index is 1.63.